The lowest BCUT2D eigenvalue weighted by atomic mass is 9.89. The number of allylic oxidation sites excluding steroid dienone is 1. The molecule has 0 spiro atoms. The first-order valence-electron chi connectivity index (χ1n) is 19.2. The van der Waals surface area contributed by atoms with Crippen molar-refractivity contribution in [3.8, 4) is 39.8 Å². The molecule has 9 heteroatoms. The number of benzene rings is 4. The molecule has 7 rings (SSSR count). The average molecular weight is 769 g/mol. The van der Waals surface area contributed by atoms with Crippen molar-refractivity contribution in [3.05, 3.63) is 147 Å². The number of rotatable bonds is 15. The lowest BCUT2D eigenvalue weighted by molar-refractivity contribution is -0.100. The molecule has 2 heterocycles. The molecule has 56 heavy (non-hydrogen) atoms. The van der Waals surface area contributed by atoms with Gasteiger partial charge in [0.25, 0.3) is 0 Å². The maximum Gasteiger partial charge on any atom is 0.142 e. The van der Waals surface area contributed by atoms with Crippen molar-refractivity contribution in [3.63, 3.8) is 0 Å². The van der Waals surface area contributed by atoms with Gasteiger partial charge in [0, 0.05) is 61.7 Å². The Hall–Kier alpha value is -5.17. The van der Waals surface area contributed by atoms with Crippen LogP contribution in [0.3, 0.4) is 0 Å². The van der Waals surface area contributed by atoms with E-state index in [0.717, 1.165) is 60.2 Å². The van der Waals surface area contributed by atoms with Gasteiger partial charge in [0.15, 0.2) is 0 Å². The number of aromatic nitrogens is 1. The Kier molecular flexibility index (Phi) is 11.8. The van der Waals surface area contributed by atoms with E-state index < -0.39 is 5.60 Å². The van der Waals surface area contributed by atoms with Crippen LogP contribution in [0.5, 0.6) is 11.5 Å². The van der Waals surface area contributed by atoms with E-state index in [1.54, 1.807) is 12.3 Å². The standard InChI is InChI=1S/C47H49ClN4O4/c1-30(53)8-7-15-50-25-39-20-44(48)46(21-45(39)55-26-34-16-33(22-49)23-51-24-34)56-27-37-9-5-11-42(31(37)2)43-12-6-10-41(32(43)3)36-14-13-35-18-40(19-38(35)17-36)52-28-47(4,54)29-52/h5-6,9-14,16-17,20-21,23-24,40,50,53-54H,1,7-8,15,18-19,25-29H2,2-4H3. The summed E-state index contributed by atoms with van der Waals surface area (Å²) in [5.41, 5.74) is 12.6. The van der Waals surface area contributed by atoms with Crippen LogP contribution in [-0.4, -0.2) is 51.4 Å². The van der Waals surface area contributed by atoms with E-state index in [2.05, 4.69) is 96.3 Å². The number of pyridine rings is 1. The highest BCUT2D eigenvalue weighted by Gasteiger charge is 2.41. The highest BCUT2D eigenvalue weighted by Crippen LogP contribution is 2.39. The predicted molar refractivity (Wildman–Crippen MR) is 222 cm³/mol. The molecule has 1 fully saturated rings. The predicted octanol–water partition coefficient (Wildman–Crippen LogP) is 9.19. The SMILES string of the molecule is C=C(O)CCCNCc1cc(Cl)c(OCc2cccc(-c3cccc(-c4ccc5c(c4)CC(N4CC(C)(O)C4)C5)c3C)c2C)cc1OCc1cncc(C#N)c1. The fourth-order valence-electron chi connectivity index (χ4n) is 8.02. The summed E-state index contributed by atoms with van der Waals surface area (Å²) in [6.45, 7) is 13.0. The minimum absolute atomic E-state index is 0.168. The average Bonchev–Trinajstić information content (AvgIpc) is 3.60. The molecule has 4 aromatic carbocycles. The van der Waals surface area contributed by atoms with Crippen molar-refractivity contribution in [2.45, 2.75) is 77.9 Å². The van der Waals surface area contributed by atoms with Gasteiger partial charge in [0.2, 0.25) is 0 Å². The van der Waals surface area contributed by atoms with Crippen LogP contribution in [0.4, 0.5) is 0 Å². The zero-order chi connectivity index (χ0) is 39.4. The van der Waals surface area contributed by atoms with Gasteiger partial charge >= 0.3 is 0 Å². The first-order chi connectivity index (χ1) is 27.0. The molecule has 0 saturated carbocycles. The molecular formula is C47H49ClN4O4. The maximum absolute atomic E-state index is 10.3. The summed E-state index contributed by atoms with van der Waals surface area (Å²) in [7, 11) is 0. The van der Waals surface area contributed by atoms with Gasteiger partial charge in [-0.1, -0.05) is 72.8 Å². The molecule has 5 aromatic rings. The summed E-state index contributed by atoms with van der Waals surface area (Å²) in [6, 6.07) is 27.9. The van der Waals surface area contributed by atoms with E-state index >= 15 is 0 Å². The van der Waals surface area contributed by atoms with Crippen molar-refractivity contribution >= 4 is 11.6 Å². The van der Waals surface area contributed by atoms with Crippen LogP contribution in [-0.2, 0) is 32.6 Å². The number of hydrogen-bond acceptors (Lipinski definition) is 8. The largest absolute Gasteiger partial charge is 0.513 e. The molecule has 0 bridgehead atoms. The van der Waals surface area contributed by atoms with Gasteiger partial charge in [-0.15, -0.1) is 0 Å². The van der Waals surface area contributed by atoms with Crippen LogP contribution in [0.2, 0.25) is 5.02 Å². The number of fused-ring (bicyclic) bond motifs is 1. The Labute approximate surface area is 335 Å². The molecule has 288 valence electrons. The van der Waals surface area contributed by atoms with Crippen molar-refractivity contribution in [1.29, 1.82) is 5.26 Å². The monoisotopic (exact) mass is 768 g/mol. The van der Waals surface area contributed by atoms with Gasteiger partial charge in [-0.2, -0.15) is 5.26 Å². The Morgan fingerprint density at radius 3 is 2.43 bits per heavy atom. The number of ether oxygens (including phenoxy) is 2. The van der Waals surface area contributed by atoms with Crippen LogP contribution in [0.25, 0.3) is 22.3 Å². The first-order valence-corrected chi connectivity index (χ1v) is 19.6. The van der Waals surface area contributed by atoms with E-state index in [9.17, 15) is 15.5 Å². The number of likely N-dealkylation sites (tertiary alicyclic amines) is 1. The summed E-state index contributed by atoms with van der Waals surface area (Å²) in [5.74, 6) is 1.29. The number of aliphatic hydroxyl groups excluding tert-OH is 1. The number of nitrogens with zero attached hydrogens (tertiary/aromatic N) is 3. The second kappa shape index (κ2) is 16.9. The van der Waals surface area contributed by atoms with Gasteiger partial charge in [-0.25, -0.2) is 0 Å². The van der Waals surface area contributed by atoms with Crippen LogP contribution in [0.1, 0.15) is 64.3 Å². The lowest BCUT2D eigenvalue weighted by Gasteiger charge is -2.47. The van der Waals surface area contributed by atoms with Crippen LogP contribution >= 0.6 is 11.6 Å². The number of β-amino-alcohol motifs (C(OH)–C–C–N with tert-alkyl or cyclic N) is 1. The molecule has 2 aliphatic rings. The van der Waals surface area contributed by atoms with Gasteiger partial charge in [-0.05, 0) is 109 Å². The Balaban J connectivity index is 1.08. The highest BCUT2D eigenvalue weighted by atomic mass is 35.5. The molecule has 1 aliphatic heterocycles. The molecule has 1 aromatic heterocycles. The smallest absolute Gasteiger partial charge is 0.142 e. The number of nitriles is 1. The molecular weight excluding hydrogens is 720 g/mol. The summed E-state index contributed by atoms with van der Waals surface area (Å²) >= 11 is 6.84. The van der Waals surface area contributed by atoms with Gasteiger partial charge < -0.3 is 25.0 Å². The van der Waals surface area contributed by atoms with Crippen molar-refractivity contribution in [2.24, 2.45) is 0 Å². The van der Waals surface area contributed by atoms with E-state index in [1.807, 2.05) is 19.1 Å². The summed E-state index contributed by atoms with van der Waals surface area (Å²) in [5, 5.41) is 32.9. The Morgan fingerprint density at radius 2 is 1.66 bits per heavy atom. The van der Waals surface area contributed by atoms with Crippen LogP contribution in [0.15, 0.2) is 97.5 Å². The van der Waals surface area contributed by atoms with Crippen molar-refractivity contribution < 1.29 is 19.7 Å². The molecule has 0 amide bonds. The lowest BCUT2D eigenvalue weighted by Crippen LogP contribution is -2.63. The zero-order valence-electron chi connectivity index (χ0n) is 32.4. The van der Waals surface area contributed by atoms with Crippen LogP contribution < -0.4 is 14.8 Å². The molecule has 1 saturated heterocycles. The molecule has 1 unspecified atom stereocenters. The van der Waals surface area contributed by atoms with Gasteiger partial charge in [-0.3, -0.25) is 9.88 Å². The van der Waals surface area contributed by atoms with E-state index in [-0.39, 0.29) is 12.4 Å². The van der Waals surface area contributed by atoms with Gasteiger partial charge in [0.05, 0.1) is 21.9 Å². The van der Waals surface area contributed by atoms with Gasteiger partial charge in [0.1, 0.15) is 30.8 Å². The fourth-order valence-corrected chi connectivity index (χ4v) is 8.26. The summed E-state index contributed by atoms with van der Waals surface area (Å²) < 4.78 is 12.7. The molecule has 1 atom stereocenters. The van der Waals surface area contributed by atoms with E-state index in [1.165, 1.54) is 39.6 Å². The van der Waals surface area contributed by atoms with Crippen molar-refractivity contribution in [1.82, 2.24) is 15.2 Å². The first kappa shape index (κ1) is 39.1. The van der Waals surface area contributed by atoms with Crippen LogP contribution in [0, 0.1) is 25.2 Å². The maximum atomic E-state index is 10.3. The molecule has 0 radical (unpaired) electrons. The third-order valence-electron chi connectivity index (χ3n) is 11.1. The quantitative estimate of drug-likeness (QED) is 0.0715. The third kappa shape index (κ3) is 8.93. The van der Waals surface area contributed by atoms with Crippen molar-refractivity contribution in [2.75, 3.05) is 19.6 Å². The molecule has 3 N–H and O–H groups in total. The number of hydrogen-bond donors (Lipinski definition) is 3. The fraction of sp³-hybridized carbons (Fsp3) is 0.319. The topological polar surface area (TPSA) is 111 Å². The highest BCUT2D eigenvalue weighted by molar-refractivity contribution is 6.32. The molecule has 1 aliphatic carbocycles. The van der Waals surface area contributed by atoms with E-state index in [4.69, 9.17) is 21.1 Å². The number of nitrogens with one attached hydrogen (secondary N) is 1. The minimum atomic E-state index is -0.556. The Bertz CT molecular complexity index is 2290. The molecule has 8 nitrogen and oxygen atoms in total. The number of halogens is 1. The minimum Gasteiger partial charge on any atom is -0.513 e. The Morgan fingerprint density at radius 1 is 0.929 bits per heavy atom. The second-order valence-electron chi connectivity index (χ2n) is 15.5. The summed E-state index contributed by atoms with van der Waals surface area (Å²) in [4.78, 5) is 6.58. The second-order valence-corrected chi connectivity index (χ2v) is 15.9. The summed E-state index contributed by atoms with van der Waals surface area (Å²) in [6.07, 6.45) is 6.54. The number of aliphatic hydroxyl groups is 2. The zero-order valence-corrected chi connectivity index (χ0v) is 33.1. The third-order valence-corrected chi connectivity index (χ3v) is 11.3. The normalized spacial score (nSPS) is 15.8. The van der Waals surface area contributed by atoms with E-state index in [0.29, 0.717) is 54.2 Å².